The monoisotopic (exact) mass is 338 g/mol. The van der Waals surface area contributed by atoms with Crippen LogP contribution in [-0.4, -0.2) is 16.7 Å². The molecule has 6 heteroatoms. The third-order valence-electron chi connectivity index (χ3n) is 3.75. The fraction of sp³-hybridized carbons (Fsp3) is 0.167. The van der Waals surface area contributed by atoms with Crippen LogP contribution in [0.25, 0.3) is 10.9 Å². The molecule has 24 heavy (non-hydrogen) atoms. The number of hydrogen-bond acceptors (Lipinski definition) is 6. The van der Waals surface area contributed by atoms with E-state index in [9.17, 15) is 9.90 Å². The molecule has 0 aliphatic carbocycles. The van der Waals surface area contributed by atoms with E-state index in [4.69, 9.17) is 0 Å². The number of carbonyl (C=O) groups is 1. The second kappa shape index (κ2) is 6.41. The number of thiophene rings is 1. The van der Waals surface area contributed by atoms with Crippen LogP contribution in [0.3, 0.4) is 0 Å². The summed E-state index contributed by atoms with van der Waals surface area (Å²) in [4.78, 5) is 16.4. The zero-order valence-electron chi connectivity index (χ0n) is 13.6. The van der Waals surface area contributed by atoms with Crippen LogP contribution in [0.4, 0.5) is 5.82 Å². The summed E-state index contributed by atoms with van der Waals surface area (Å²) in [6, 6.07) is 11.3. The van der Waals surface area contributed by atoms with Gasteiger partial charge >= 0.3 is 0 Å². The highest BCUT2D eigenvalue weighted by molar-refractivity contribution is 7.15. The van der Waals surface area contributed by atoms with Crippen LogP contribution >= 0.6 is 11.3 Å². The Bertz CT molecular complexity index is 960. The summed E-state index contributed by atoms with van der Waals surface area (Å²) >= 11 is 1.14. The Labute approximate surface area is 143 Å². The highest BCUT2D eigenvalue weighted by Crippen LogP contribution is 2.23. The smallest absolute Gasteiger partial charge is 0.147 e. The van der Waals surface area contributed by atoms with Crippen molar-refractivity contribution < 1.29 is 9.90 Å². The Morgan fingerprint density at radius 3 is 2.62 bits per heavy atom. The standard InChI is InChI=1S/C18H17N3O2S/c1-10-5-4-6-13-11(2)9-16(19-17(10)13)21-20-12(3)14-7-8-15(24-14)18(22)23/h4-9H,1-3H3,(H,19,21)(H,22,23)/p-1/b20-12-. The second-order valence-corrected chi connectivity index (χ2v) is 6.64. The molecule has 0 bridgehead atoms. The number of benzene rings is 1. The van der Waals surface area contributed by atoms with Crippen molar-refractivity contribution in [2.24, 2.45) is 5.10 Å². The number of aromatic nitrogens is 1. The molecular weight excluding hydrogens is 322 g/mol. The average Bonchev–Trinajstić information content (AvgIpc) is 3.04. The minimum Gasteiger partial charge on any atom is -0.544 e. The van der Waals surface area contributed by atoms with Gasteiger partial charge in [0.25, 0.3) is 0 Å². The van der Waals surface area contributed by atoms with Crippen LogP contribution in [0.1, 0.15) is 32.6 Å². The van der Waals surface area contributed by atoms with Gasteiger partial charge in [0, 0.05) is 5.39 Å². The minimum absolute atomic E-state index is 0.190. The number of carboxylic acid groups (broad SMARTS) is 1. The van der Waals surface area contributed by atoms with Crippen molar-refractivity contribution in [2.45, 2.75) is 20.8 Å². The maximum atomic E-state index is 10.8. The van der Waals surface area contributed by atoms with Crippen molar-refractivity contribution >= 4 is 39.7 Å². The summed E-state index contributed by atoms with van der Waals surface area (Å²) < 4.78 is 0. The van der Waals surface area contributed by atoms with Gasteiger partial charge in [0.1, 0.15) is 5.82 Å². The molecule has 0 aliphatic heterocycles. The maximum absolute atomic E-state index is 10.8. The number of pyridine rings is 1. The third-order valence-corrected chi connectivity index (χ3v) is 4.92. The molecular formula is C18H16N3O2S-. The zero-order valence-corrected chi connectivity index (χ0v) is 14.4. The first-order valence-electron chi connectivity index (χ1n) is 7.44. The number of anilines is 1. The number of nitrogens with one attached hydrogen (secondary N) is 1. The summed E-state index contributed by atoms with van der Waals surface area (Å²) in [6.45, 7) is 5.88. The van der Waals surface area contributed by atoms with E-state index in [1.54, 1.807) is 6.07 Å². The van der Waals surface area contributed by atoms with Crippen molar-refractivity contribution in [1.82, 2.24) is 4.98 Å². The van der Waals surface area contributed by atoms with E-state index in [0.29, 0.717) is 11.5 Å². The highest BCUT2D eigenvalue weighted by atomic mass is 32.1. The SMILES string of the molecule is C/C(=N/Nc1cc(C)c2cccc(C)c2n1)c1ccc(C(=O)[O-])s1. The zero-order chi connectivity index (χ0) is 17.3. The first kappa shape index (κ1) is 16.1. The van der Waals surface area contributed by atoms with Crippen molar-refractivity contribution in [3.63, 3.8) is 0 Å². The van der Waals surface area contributed by atoms with E-state index >= 15 is 0 Å². The van der Waals surface area contributed by atoms with Gasteiger partial charge in [-0.25, -0.2) is 4.98 Å². The van der Waals surface area contributed by atoms with Gasteiger partial charge in [-0.1, -0.05) is 18.2 Å². The quantitative estimate of drug-likeness (QED) is 0.586. The van der Waals surface area contributed by atoms with E-state index < -0.39 is 5.97 Å². The Hall–Kier alpha value is -2.73. The van der Waals surface area contributed by atoms with Crippen molar-refractivity contribution in [3.8, 4) is 0 Å². The number of nitrogens with zero attached hydrogens (tertiary/aromatic N) is 2. The van der Waals surface area contributed by atoms with Gasteiger partial charge in [0.15, 0.2) is 0 Å². The summed E-state index contributed by atoms with van der Waals surface area (Å²) in [6.07, 6.45) is 0. The number of para-hydroxylation sites is 1. The Morgan fingerprint density at radius 1 is 1.17 bits per heavy atom. The molecule has 3 rings (SSSR count). The van der Waals surface area contributed by atoms with Gasteiger partial charge in [-0.05, 0) is 50.1 Å². The molecule has 0 saturated carbocycles. The molecule has 5 nitrogen and oxygen atoms in total. The average molecular weight is 338 g/mol. The lowest BCUT2D eigenvalue weighted by Gasteiger charge is -2.08. The lowest BCUT2D eigenvalue weighted by molar-refractivity contribution is -0.254. The summed E-state index contributed by atoms with van der Waals surface area (Å²) in [5, 5.41) is 16.3. The molecule has 122 valence electrons. The van der Waals surface area contributed by atoms with Gasteiger partial charge in [0.2, 0.25) is 0 Å². The molecule has 1 aromatic carbocycles. The molecule has 0 unspecified atom stereocenters. The molecule has 0 spiro atoms. The summed E-state index contributed by atoms with van der Waals surface area (Å²) in [5.41, 5.74) is 6.83. The highest BCUT2D eigenvalue weighted by Gasteiger charge is 2.06. The molecule has 0 aliphatic rings. The van der Waals surface area contributed by atoms with Crippen LogP contribution in [0.2, 0.25) is 0 Å². The Balaban J connectivity index is 1.89. The molecule has 2 aromatic heterocycles. The number of aromatic carboxylic acids is 1. The topological polar surface area (TPSA) is 77.4 Å². The van der Waals surface area contributed by atoms with Gasteiger partial charge in [-0.2, -0.15) is 5.10 Å². The van der Waals surface area contributed by atoms with Crippen molar-refractivity contribution in [1.29, 1.82) is 0 Å². The summed E-state index contributed by atoms with van der Waals surface area (Å²) in [7, 11) is 0. The van der Waals surface area contributed by atoms with E-state index in [0.717, 1.165) is 38.2 Å². The van der Waals surface area contributed by atoms with Crippen molar-refractivity contribution in [2.75, 3.05) is 5.43 Å². The summed E-state index contributed by atoms with van der Waals surface area (Å²) in [5.74, 6) is -0.514. The number of hydrazone groups is 1. The number of aryl methyl sites for hydroxylation is 2. The normalized spacial score (nSPS) is 11.7. The fourth-order valence-corrected chi connectivity index (χ4v) is 3.24. The van der Waals surface area contributed by atoms with Crippen LogP contribution in [0.15, 0.2) is 41.5 Å². The van der Waals surface area contributed by atoms with E-state index in [2.05, 4.69) is 21.6 Å². The molecule has 0 saturated heterocycles. The van der Waals surface area contributed by atoms with Gasteiger partial charge < -0.3 is 9.90 Å². The van der Waals surface area contributed by atoms with Crippen LogP contribution in [-0.2, 0) is 0 Å². The molecule has 2 heterocycles. The molecule has 1 N–H and O–H groups in total. The number of carboxylic acids is 1. The first-order valence-corrected chi connectivity index (χ1v) is 8.26. The molecule has 0 atom stereocenters. The predicted molar refractivity (Wildman–Crippen MR) is 95.7 cm³/mol. The van der Waals surface area contributed by atoms with Crippen molar-refractivity contribution in [3.05, 3.63) is 57.3 Å². The Morgan fingerprint density at radius 2 is 1.92 bits per heavy atom. The van der Waals surface area contributed by atoms with Crippen LogP contribution in [0, 0.1) is 13.8 Å². The van der Waals surface area contributed by atoms with Crippen LogP contribution < -0.4 is 10.5 Å². The maximum Gasteiger partial charge on any atom is 0.147 e. The third kappa shape index (κ3) is 3.14. The fourth-order valence-electron chi connectivity index (χ4n) is 2.46. The first-order chi connectivity index (χ1) is 11.5. The van der Waals surface area contributed by atoms with Gasteiger partial charge in [-0.3, -0.25) is 5.43 Å². The van der Waals surface area contributed by atoms with Crippen LogP contribution in [0.5, 0.6) is 0 Å². The van der Waals surface area contributed by atoms with Gasteiger partial charge in [-0.15, -0.1) is 11.3 Å². The largest absolute Gasteiger partial charge is 0.544 e. The molecule has 3 aromatic rings. The van der Waals surface area contributed by atoms with Gasteiger partial charge in [0.05, 0.1) is 27.0 Å². The molecule has 0 amide bonds. The number of hydrogen-bond donors (Lipinski definition) is 1. The lowest BCUT2D eigenvalue weighted by atomic mass is 10.1. The van der Waals surface area contributed by atoms with E-state index in [1.165, 1.54) is 6.07 Å². The lowest BCUT2D eigenvalue weighted by Crippen LogP contribution is -2.20. The number of rotatable bonds is 4. The van der Waals surface area contributed by atoms with E-state index in [1.807, 2.05) is 39.0 Å². The molecule has 0 radical (unpaired) electrons. The Kier molecular flexibility index (Phi) is 4.31. The number of carbonyl (C=O) groups excluding carboxylic acids is 1. The predicted octanol–water partition coefficient (Wildman–Crippen LogP) is 3.11. The van der Waals surface area contributed by atoms with E-state index in [-0.39, 0.29) is 4.88 Å². The minimum atomic E-state index is -1.17. The number of fused-ring (bicyclic) bond motifs is 1. The second-order valence-electron chi connectivity index (χ2n) is 5.56. The molecule has 0 fully saturated rings.